The van der Waals surface area contributed by atoms with Gasteiger partial charge < -0.3 is 4.90 Å². The Labute approximate surface area is 64.7 Å². The van der Waals surface area contributed by atoms with Crippen molar-refractivity contribution < 1.29 is 0 Å². The van der Waals surface area contributed by atoms with Crippen LogP contribution >= 0.6 is 0 Å². The molecule has 0 aromatic carbocycles. The third-order valence-electron chi connectivity index (χ3n) is 1.61. The Hall–Kier alpha value is -0.460. The van der Waals surface area contributed by atoms with Crippen LogP contribution in [0.25, 0.3) is 0 Å². The number of hydrogen-bond donors (Lipinski definition) is 0. The topological polar surface area (TPSA) is 3.24 Å². The van der Waals surface area contributed by atoms with Crippen LogP contribution in [0.15, 0.2) is 11.8 Å². The van der Waals surface area contributed by atoms with Crippen molar-refractivity contribution in [1.82, 2.24) is 4.90 Å². The molecule has 0 aliphatic carbocycles. The molecule has 0 fully saturated rings. The molecule has 0 saturated heterocycles. The molecule has 0 atom stereocenters. The molecule has 0 rings (SSSR count). The molecule has 1 nitrogen and oxygen atoms in total. The lowest BCUT2D eigenvalue weighted by atomic mass is 10.2. The fourth-order valence-corrected chi connectivity index (χ4v) is 0.954. The summed E-state index contributed by atoms with van der Waals surface area (Å²) >= 11 is 0. The lowest BCUT2D eigenvalue weighted by molar-refractivity contribution is 0.490. The van der Waals surface area contributed by atoms with Gasteiger partial charge in [0, 0.05) is 19.8 Å². The SMILES string of the molecule is CCCC=C(CC)N(C)C. The minimum atomic E-state index is 1.15. The Kier molecular flexibility index (Phi) is 5.09. The van der Waals surface area contributed by atoms with Crippen LogP contribution in [0, 0.1) is 0 Å². The van der Waals surface area contributed by atoms with Crippen LogP contribution in [0.3, 0.4) is 0 Å². The lowest BCUT2D eigenvalue weighted by Gasteiger charge is -2.15. The highest BCUT2D eigenvalue weighted by Crippen LogP contribution is 2.05. The predicted molar refractivity (Wildman–Crippen MR) is 47.0 cm³/mol. The summed E-state index contributed by atoms with van der Waals surface area (Å²) < 4.78 is 0. The summed E-state index contributed by atoms with van der Waals surface area (Å²) in [7, 11) is 4.20. The highest BCUT2D eigenvalue weighted by molar-refractivity contribution is 4.97. The van der Waals surface area contributed by atoms with Crippen LogP contribution in [0.4, 0.5) is 0 Å². The maximum atomic E-state index is 2.32. The molecule has 0 bridgehead atoms. The average Bonchev–Trinajstić information content (AvgIpc) is 1.89. The maximum Gasteiger partial charge on any atom is 0.00841 e. The summed E-state index contributed by atoms with van der Waals surface area (Å²) in [5.74, 6) is 0. The van der Waals surface area contributed by atoms with Gasteiger partial charge in [-0.05, 0) is 12.8 Å². The zero-order chi connectivity index (χ0) is 7.98. The zero-order valence-electron chi connectivity index (χ0n) is 7.65. The van der Waals surface area contributed by atoms with Crippen LogP contribution in [-0.2, 0) is 0 Å². The highest BCUT2D eigenvalue weighted by Gasteiger charge is 1.93. The van der Waals surface area contributed by atoms with Crippen molar-refractivity contribution in [1.29, 1.82) is 0 Å². The van der Waals surface area contributed by atoms with Gasteiger partial charge in [0.15, 0.2) is 0 Å². The van der Waals surface area contributed by atoms with Crippen molar-refractivity contribution in [2.75, 3.05) is 14.1 Å². The van der Waals surface area contributed by atoms with E-state index >= 15 is 0 Å². The summed E-state index contributed by atoms with van der Waals surface area (Å²) in [6, 6.07) is 0. The van der Waals surface area contributed by atoms with Crippen molar-refractivity contribution in [3.63, 3.8) is 0 Å². The first kappa shape index (κ1) is 9.54. The molecule has 0 N–H and O–H groups in total. The van der Waals surface area contributed by atoms with Gasteiger partial charge in [-0.25, -0.2) is 0 Å². The van der Waals surface area contributed by atoms with E-state index in [0.29, 0.717) is 0 Å². The first-order chi connectivity index (χ1) is 4.72. The van der Waals surface area contributed by atoms with Crippen LogP contribution < -0.4 is 0 Å². The van der Waals surface area contributed by atoms with E-state index in [1.165, 1.54) is 18.5 Å². The Morgan fingerprint density at radius 3 is 2.20 bits per heavy atom. The molecule has 0 saturated carbocycles. The normalized spacial score (nSPS) is 11.8. The van der Waals surface area contributed by atoms with Crippen molar-refractivity contribution in [2.45, 2.75) is 33.1 Å². The van der Waals surface area contributed by atoms with E-state index in [0.717, 1.165) is 6.42 Å². The molecule has 60 valence electrons. The van der Waals surface area contributed by atoms with E-state index in [9.17, 15) is 0 Å². The van der Waals surface area contributed by atoms with Crippen molar-refractivity contribution >= 4 is 0 Å². The van der Waals surface area contributed by atoms with Gasteiger partial charge in [-0.2, -0.15) is 0 Å². The quantitative estimate of drug-likeness (QED) is 0.581. The van der Waals surface area contributed by atoms with Gasteiger partial charge in [-0.15, -0.1) is 0 Å². The molecule has 0 spiro atoms. The Morgan fingerprint density at radius 2 is 1.90 bits per heavy atom. The summed E-state index contributed by atoms with van der Waals surface area (Å²) in [5, 5.41) is 0. The minimum Gasteiger partial charge on any atom is -0.381 e. The molecule has 1 heteroatoms. The molecule has 0 unspecified atom stereocenters. The number of rotatable bonds is 4. The number of nitrogens with zero attached hydrogens (tertiary/aromatic N) is 1. The van der Waals surface area contributed by atoms with Gasteiger partial charge in [0.2, 0.25) is 0 Å². The summed E-state index contributed by atoms with van der Waals surface area (Å²) in [4.78, 5) is 2.19. The maximum absolute atomic E-state index is 2.32. The highest BCUT2D eigenvalue weighted by atomic mass is 15.1. The van der Waals surface area contributed by atoms with Gasteiger partial charge >= 0.3 is 0 Å². The van der Waals surface area contributed by atoms with E-state index in [-0.39, 0.29) is 0 Å². The Morgan fingerprint density at radius 1 is 1.30 bits per heavy atom. The van der Waals surface area contributed by atoms with Crippen molar-refractivity contribution in [3.8, 4) is 0 Å². The van der Waals surface area contributed by atoms with Gasteiger partial charge in [0.1, 0.15) is 0 Å². The molecule has 0 aliphatic heterocycles. The Bertz CT molecular complexity index is 103. The van der Waals surface area contributed by atoms with Crippen LogP contribution in [-0.4, -0.2) is 19.0 Å². The zero-order valence-corrected chi connectivity index (χ0v) is 7.65. The monoisotopic (exact) mass is 141 g/mol. The van der Waals surface area contributed by atoms with E-state index in [1.54, 1.807) is 0 Å². The second-order valence-corrected chi connectivity index (χ2v) is 2.73. The molecule has 0 aromatic heterocycles. The molecular formula is C9H19N. The molecule has 0 aromatic rings. The summed E-state index contributed by atoms with van der Waals surface area (Å²) in [6.07, 6.45) is 5.92. The standard InChI is InChI=1S/C9H19N/c1-5-7-8-9(6-2)10(3)4/h8H,5-7H2,1-4H3. The minimum absolute atomic E-state index is 1.15. The van der Waals surface area contributed by atoms with E-state index in [4.69, 9.17) is 0 Å². The van der Waals surface area contributed by atoms with Crippen LogP contribution in [0.1, 0.15) is 33.1 Å². The third kappa shape index (κ3) is 3.54. The molecule has 0 aliphatic rings. The molecule has 0 amide bonds. The molecular weight excluding hydrogens is 122 g/mol. The van der Waals surface area contributed by atoms with Gasteiger partial charge in [0.25, 0.3) is 0 Å². The number of allylic oxidation sites excluding steroid dienone is 2. The fraction of sp³-hybridized carbons (Fsp3) is 0.778. The first-order valence-electron chi connectivity index (χ1n) is 4.08. The average molecular weight is 141 g/mol. The Balaban J connectivity index is 3.79. The molecule has 0 radical (unpaired) electrons. The second-order valence-electron chi connectivity index (χ2n) is 2.73. The third-order valence-corrected chi connectivity index (χ3v) is 1.61. The van der Waals surface area contributed by atoms with Gasteiger partial charge in [0.05, 0.1) is 0 Å². The molecule has 10 heavy (non-hydrogen) atoms. The summed E-state index contributed by atoms with van der Waals surface area (Å²) in [5.41, 5.74) is 1.45. The predicted octanol–water partition coefficient (Wildman–Crippen LogP) is 2.64. The van der Waals surface area contributed by atoms with E-state index in [2.05, 4.69) is 38.9 Å². The lowest BCUT2D eigenvalue weighted by Crippen LogP contribution is -2.09. The van der Waals surface area contributed by atoms with Crippen LogP contribution in [0.5, 0.6) is 0 Å². The smallest absolute Gasteiger partial charge is 0.00841 e. The fourth-order valence-electron chi connectivity index (χ4n) is 0.954. The van der Waals surface area contributed by atoms with E-state index in [1.807, 2.05) is 0 Å². The number of hydrogen-bond acceptors (Lipinski definition) is 1. The van der Waals surface area contributed by atoms with Crippen molar-refractivity contribution in [3.05, 3.63) is 11.8 Å². The summed E-state index contributed by atoms with van der Waals surface area (Å²) in [6.45, 7) is 4.40. The van der Waals surface area contributed by atoms with Gasteiger partial charge in [-0.3, -0.25) is 0 Å². The van der Waals surface area contributed by atoms with Crippen LogP contribution in [0.2, 0.25) is 0 Å². The first-order valence-corrected chi connectivity index (χ1v) is 4.08. The van der Waals surface area contributed by atoms with E-state index < -0.39 is 0 Å². The van der Waals surface area contributed by atoms with Gasteiger partial charge in [-0.1, -0.05) is 26.3 Å². The largest absolute Gasteiger partial charge is 0.381 e. The van der Waals surface area contributed by atoms with Crippen molar-refractivity contribution in [2.24, 2.45) is 0 Å². The second kappa shape index (κ2) is 5.33. The number of unbranched alkanes of at least 4 members (excludes halogenated alkanes) is 1. The molecule has 0 heterocycles.